The fourth-order valence-corrected chi connectivity index (χ4v) is 5.91. The molecule has 0 radical (unpaired) electrons. The Labute approximate surface area is 168 Å². The second kappa shape index (κ2) is 8.18. The van der Waals surface area contributed by atoms with Crippen molar-refractivity contribution in [2.75, 3.05) is 7.11 Å². The minimum Gasteiger partial charge on any atom is -0.508 e. The van der Waals surface area contributed by atoms with E-state index in [-0.39, 0.29) is 5.75 Å². The maximum Gasteiger partial charge on any atom is 0.119 e. The third-order valence-electron chi connectivity index (χ3n) is 6.98. The SMILES string of the molecule is COc1ccc2c(c1)CCC1C2CCC2CCCC21.Oc1ccc(S)cc1. The fourth-order valence-electron chi connectivity index (χ4n) is 5.76. The zero-order chi connectivity index (χ0) is 18.8. The molecule has 144 valence electrons. The molecule has 3 aliphatic rings. The molecule has 2 nitrogen and oxygen atoms in total. The van der Waals surface area contributed by atoms with Gasteiger partial charge in [0.2, 0.25) is 0 Å². The molecule has 1 N–H and O–H groups in total. The van der Waals surface area contributed by atoms with E-state index in [0.29, 0.717) is 0 Å². The molecule has 4 atom stereocenters. The lowest BCUT2D eigenvalue weighted by Gasteiger charge is -2.44. The van der Waals surface area contributed by atoms with Crippen LogP contribution in [0, 0.1) is 17.8 Å². The lowest BCUT2D eigenvalue weighted by Crippen LogP contribution is -2.34. The zero-order valence-electron chi connectivity index (χ0n) is 16.1. The van der Waals surface area contributed by atoms with Crippen molar-refractivity contribution in [3.8, 4) is 11.5 Å². The van der Waals surface area contributed by atoms with Crippen LogP contribution in [0.3, 0.4) is 0 Å². The van der Waals surface area contributed by atoms with Gasteiger partial charge in [0, 0.05) is 4.90 Å². The summed E-state index contributed by atoms with van der Waals surface area (Å²) in [5.41, 5.74) is 3.22. The van der Waals surface area contributed by atoms with Gasteiger partial charge in [0.15, 0.2) is 0 Å². The molecular weight excluding hydrogens is 352 g/mol. The lowest BCUT2D eigenvalue weighted by molar-refractivity contribution is 0.136. The number of rotatable bonds is 1. The van der Waals surface area contributed by atoms with Gasteiger partial charge in [0.05, 0.1) is 7.11 Å². The highest BCUT2D eigenvalue weighted by Crippen LogP contribution is 2.55. The number of aromatic hydroxyl groups is 1. The van der Waals surface area contributed by atoms with E-state index in [1.807, 2.05) is 0 Å². The van der Waals surface area contributed by atoms with Crippen molar-refractivity contribution < 1.29 is 9.84 Å². The summed E-state index contributed by atoms with van der Waals surface area (Å²) in [5, 5.41) is 8.72. The first-order chi connectivity index (χ1) is 13.2. The van der Waals surface area contributed by atoms with Crippen LogP contribution in [0.25, 0.3) is 0 Å². The Kier molecular flexibility index (Phi) is 5.68. The standard InChI is InChI=1S/C18H24O.C6H6OS/c1-19-14-7-10-16-13(11-14)6-9-17-15-4-2-3-12(15)5-8-18(16)17;7-5-1-3-6(8)4-2-5/h7,10-12,15,17-18H,2-6,8-9H2,1H3;1-4,7-8H. The Morgan fingerprint density at radius 1 is 0.926 bits per heavy atom. The van der Waals surface area contributed by atoms with Crippen molar-refractivity contribution in [1.82, 2.24) is 0 Å². The fraction of sp³-hybridized carbons (Fsp3) is 0.500. The second-order valence-corrected chi connectivity index (χ2v) is 8.84. The van der Waals surface area contributed by atoms with Crippen LogP contribution >= 0.6 is 12.6 Å². The van der Waals surface area contributed by atoms with Crippen LogP contribution in [0.5, 0.6) is 11.5 Å². The molecule has 2 aromatic carbocycles. The quantitative estimate of drug-likeness (QED) is 0.572. The summed E-state index contributed by atoms with van der Waals surface area (Å²) < 4.78 is 5.39. The Hall–Kier alpha value is -1.61. The number of phenols is 1. The molecule has 3 aliphatic carbocycles. The molecule has 0 saturated heterocycles. The first-order valence-corrected chi connectivity index (χ1v) is 10.7. The van der Waals surface area contributed by atoms with Gasteiger partial charge in [-0.3, -0.25) is 0 Å². The summed E-state index contributed by atoms with van der Waals surface area (Å²) in [4.78, 5) is 0.864. The third-order valence-corrected chi connectivity index (χ3v) is 7.28. The molecule has 0 aromatic heterocycles. The van der Waals surface area contributed by atoms with Gasteiger partial charge >= 0.3 is 0 Å². The number of hydrogen-bond acceptors (Lipinski definition) is 3. The van der Waals surface area contributed by atoms with Gasteiger partial charge < -0.3 is 9.84 Å². The van der Waals surface area contributed by atoms with Crippen LogP contribution < -0.4 is 4.74 Å². The van der Waals surface area contributed by atoms with Crippen LogP contribution in [0.2, 0.25) is 0 Å². The molecule has 0 heterocycles. The summed E-state index contributed by atoms with van der Waals surface area (Å²) in [5.74, 6) is 5.28. The van der Waals surface area contributed by atoms with E-state index in [1.54, 1.807) is 42.5 Å². The summed E-state index contributed by atoms with van der Waals surface area (Å²) in [6, 6.07) is 13.5. The number of aryl methyl sites for hydroxylation is 1. The molecular formula is C24H30O2S. The van der Waals surface area contributed by atoms with Gasteiger partial charge in [-0.25, -0.2) is 0 Å². The highest BCUT2D eigenvalue weighted by atomic mass is 32.1. The van der Waals surface area contributed by atoms with Gasteiger partial charge in [-0.15, -0.1) is 12.6 Å². The average molecular weight is 383 g/mol. The van der Waals surface area contributed by atoms with Crippen molar-refractivity contribution in [1.29, 1.82) is 0 Å². The molecule has 27 heavy (non-hydrogen) atoms. The number of phenolic OH excluding ortho intramolecular Hbond substituents is 1. The Morgan fingerprint density at radius 3 is 2.48 bits per heavy atom. The molecule has 2 fully saturated rings. The number of benzene rings is 2. The first kappa shape index (κ1) is 18.7. The minimum atomic E-state index is 0.280. The molecule has 0 amide bonds. The molecule has 0 spiro atoms. The normalized spacial score (nSPS) is 28.2. The van der Waals surface area contributed by atoms with E-state index < -0.39 is 0 Å². The van der Waals surface area contributed by atoms with Gasteiger partial charge in [0.1, 0.15) is 11.5 Å². The maximum absolute atomic E-state index is 8.72. The van der Waals surface area contributed by atoms with Crippen LogP contribution in [0.4, 0.5) is 0 Å². The summed E-state index contributed by atoms with van der Waals surface area (Å²) in [7, 11) is 1.77. The monoisotopic (exact) mass is 382 g/mol. The number of hydrogen-bond donors (Lipinski definition) is 2. The van der Waals surface area contributed by atoms with Gasteiger partial charge in [-0.2, -0.15) is 0 Å². The minimum absolute atomic E-state index is 0.280. The van der Waals surface area contributed by atoms with E-state index in [2.05, 4.69) is 30.8 Å². The van der Waals surface area contributed by atoms with Crippen molar-refractivity contribution in [2.45, 2.75) is 55.8 Å². The van der Waals surface area contributed by atoms with Crippen molar-refractivity contribution in [2.24, 2.45) is 17.8 Å². The van der Waals surface area contributed by atoms with E-state index in [9.17, 15) is 0 Å². The van der Waals surface area contributed by atoms with Crippen LogP contribution in [0.15, 0.2) is 47.4 Å². The predicted octanol–water partition coefficient (Wildman–Crippen LogP) is 6.23. The van der Waals surface area contributed by atoms with Gasteiger partial charge in [-0.05, 0) is 103 Å². The summed E-state index contributed by atoms with van der Waals surface area (Å²) >= 11 is 4.02. The molecule has 0 aliphatic heterocycles. The number of thiol groups is 1. The Morgan fingerprint density at radius 2 is 1.74 bits per heavy atom. The molecule has 3 heteroatoms. The molecule has 5 rings (SSSR count). The molecule has 2 saturated carbocycles. The van der Waals surface area contributed by atoms with E-state index in [1.165, 1.54) is 44.9 Å². The first-order valence-electron chi connectivity index (χ1n) is 10.3. The van der Waals surface area contributed by atoms with Crippen molar-refractivity contribution >= 4 is 12.6 Å². The van der Waals surface area contributed by atoms with Gasteiger partial charge in [-0.1, -0.05) is 18.9 Å². The second-order valence-electron chi connectivity index (χ2n) is 8.32. The largest absolute Gasteiger partial charge is 0.508 e. The van der Waals surface area contributed by atoms with Gasteiger partial charge in [0.25, 0.3) is 0 Å². The van der Waals surface area contributed by atoms with Crippen molar-refractivity contribution in [3.05, 3.63) is 53.6 Å². The number of ether oxygens (including phenoxy) is 1. The maximum atomic E-state index is 8.72. The molecule has 2 aromatic rings. The molecule has 4 unspecified atom stereocenters. The highest BCUT2D eigenvalue weighted by molar-refractivity contribution is 7.80. The summed E-state index contributed by atoms with van der Waals surface area (Å²) in [6.45, 7) is 0. The Balaban J connectivity index is 0.000000190. The number of fused-ring (bicyclic) bond motifs is 5. The van der Waals surface area contributed by atoms with Crippen LogP contribution in [0.1, 0.15) is 55.6 Å². The zero-order valence-corrected chi connectivity index (χ0v) is 17.0. The van der Waals surface area contributed by atoms with E-state index in [0.717, 1.165) is 34.3 Å². The average Bonchev–Trinajstić information content (AvgIpc) is 3.19. The molecule has 0 bridgehead atoms. The Bertz CT molecular complexity index is 749. The van der Waals surface area contributed by atoms with Crippen LogP contribution in [-0.2, 0) is 6.42 Å². The van der Waals surface area contributed by atoms with E-state index in [4.69, 9.17) is 9.84 Å². The van der Waals surface area contributed by atoms with Crippen LogP contribution in [-0.4, -0.2) is 12.2 Å². The smallest absolute Gasteiger partial charge is 0.119 e. The predicted molar refractivity (Wildman–Crippen MR) is 113 cm³/mol. The summed E-state index contributed by atoms with van der Waals surface area (Å²) in [6.07, 6.45) is 10.1. The third kappa shape index (κ3) is 3.99. The highest BCUT2D eigenvalue weighted by Gasteiger charge is 2.43. The lowest BCUT2D eigenvalue weighted by atomic mass is 9.61. The topological polar surface area (TPSA) is 29.5 Å². The van der Waals surface area contributed by atoms with E-state index >= 15 is 0 Å². The number of methoxy groups -OCH3 is 1. The van der Waals surface area contributed by atoms with Crippen molar-refractivity contribution in [3.63, 3.8) is 0 Å².